The lowest BCUT2D eigenvalue weighted by Gasteiger charge is -2.00. The van der Waals surface area contributed by atoms with E-state index < -0.39 is 0 Å². The van der Waals surface area contributed by atoms with Crippen LogP contribution in [0.4, 0.5) is 0 Å². The van der Waals surface area contributed by atoms with Crippen LogP contribution < -0.4 is 4.40 Å². The fourth-order valence-corrected chi connectivity index (χ4v) is 3.26. The van der Waals surface area contributed by atoms with E-state index in [2.05, 4.69) is 88.8 Å². The summed E-state index contributed by atoms with van der Waals surface area (Å²) in [6, 6.07) is 21.3. The van der Waals surface area contributed by atoms with E-state index in [1.807, 2.05) is 0 Å². The lowest BCUT2D eigenvalue weighted by atomic mass is 10.1. The van der Waals surface area contributed by atoms with Crippen LogP contribution in [-0.4, -0.2) is 0 Å². The van der Waals surface area contributed by atoms with Crippen molar-refractivity contribution in [3.63, 3.8) is 0 Å². The summed E-state index contributed by atoms with van der Waals surface area (Å²) in [5.41, 5.74) is 2.42. The number of thiophene rings is 1. The van der Waals surface area contributed by atoms with E-state index in [4.69, 9.17) is 0 Å². The number of fused-ring (bicyclic) bond motifs is 3. The molecule has 100 valence electrons. The molecule has 0 bridgehead atoms. The minimum Gasteiger partial charge on any atom is -0.160 e. The van der Waals surface area contributed by atoms with E-state index in [9.17, 15) is 0 Å². The summed E-state index contributed by atoms with van der Waals surface area (Å²) in [6.07, 6.45) is 6.49. The SMILES string of the molecule is C(=C\c1cccc2c3ccccc3cc[n+]12)/c1cccs1. The van der Waals surface area contributed by atoms with Gasteiger partial charge in [0.2, 0.25) is 11.2 Å². The molecule has 4 aromatic rings. The molecule has 0 spiro atoms. The second kappa shape index (κ2) is 5.15. The fraction of sp³-hybridized carbons (Fsp3) is 0. The number of hydrogen-bond donors (Lipinski definition) is 0. The highest BCUT2D eigenvalue weighted by Crippen LogP contribution is 2.18. The average Bonchev–Trinajstić information content (AvgIpc) is 3.06. The van der Waals surface area contributed by atoms with Crippen LogP contribution in [0.2, 0.25) is 0 Å². The van der Waals surface area contributed by atoms with Gasteiger partial charge in [0.15, 0.2) is 6.20 Å². The molecular formula is C19H14NS+. The molecule has 0 N–H and O–H groups in total. The van der Waals surface area contributed by atoms with E-state index >= 15 is 0 Å². The summed E-state index contributed by atoms with van der Waals surface area (Å²) in [5.74, 6) is 0. The highest BCUT2D eigenvalue weighted by molar-refractivity contribution is 7.10. The Morgan fingerprint density at radius 2 is 1.76 bits per heavy atom. The van der Waals surface area contributed by atoms with Crippen LogP contribution in [0.3, 0.4) is 0 Å². The highest BCUT2D eigenvalue weighted by Gasteiger charge is 2.10. The van der Waals surface area contributed by atoms with E-state index in [-0.39, 0.29) is 0 Å². The van der Waals surface area contributed by atoms with Crippen molar-refractivity contribution in [3.8, 4) is 0 Å². The topological polar surface area (TPSA) is 4.10 Å². The third kappa shape index (κ3) is 2.24. The maximum absolute atomic E-state index is 2.24. The van der Waals surface area contributed by atoms with Crippen LogP contribution in [0, 0.1) is 0 Å². The second-order valence-corrected chi connectivity index (χ2v) is 5.94. The standard InChI is InChI=1S/C19H14NS/c1-2-8-18-15(5-1)12-13-20-16(6-3-9-19(18)20)10-11-17-7-4-14-21-17/h1-14H/q+1/b11-10+. The third-order valence-electron chi connectivity index (χ3n) is 3.66. The molecule has 3 heterocycles. The van der Waals surface area contributed by atoms with Gasteiger partial charge in [0.25, 0.3) is 0 Å². The molecule has 3 aromatic heterocycles. The van der Waals surface area contributed by atoms with E-state index in [1.54, 1.807) is 11.3 Å². The molecule has 21 heavy (non-hydrogen) atoms. The van der Waals surface area contributed by atoms with E-state index in [1.165, 1.54) is 26.9 Å². The molecule has 2 heteroatoms. The molecule has 4 rings (SSSR count). The fourth-order valence-electron chi connectivity index (χ4n) is 2.64. The Morgan fingerprint density at radius 1 is 0.810 bits per heavy atom. The molecule has 0 saturated heterocycles. The molecule has 0 aliphatic heterocycles. The Kier molecular flexibility index (Phi) is 3.02. The first kappa shape index (κ1) is 12.3. The van der Waals surface area contributed by atoms with Crippen LogP contribution in [0.25, 0.3) is 28.4 Å². The Labute approximate surface area is 127 Å². The quantitative estimate of drug-likeness (QED) is 0.368. The molecule has 0 aliphatic rings. The number of pyridine rings is 2. The zero-order valence-electron chi connectivity index (χ0n) is 11.4. The third-order valence-corrected chi connectivity index (χ3v) is 4.50. The van der Waals surface area contributed by atoms with Crippen molar-refractivity contribution in [1.82, 2.24) is 0 Å². The van der Waals surface area contributed by atoms with Crippen molar-refractivity contribution in [2.45, 2.75) is 0 Å². The summed E-state index contributed by atoms with van der Waals surface area (Å²) < 4.78 is 2.24. The predicted molar refractivity (Wildman–Crippen MR) is 90.4 cm³/mol. The zero-order chi connectivity index (χ0) is 14.1. The van der Waals surface area contributed by atoms with Gasteiger partial charge in [-0.05, 0) is 35.0 Å². The molecule has 0 fully saturated rings. The molecule has 0 saturated carbocycles. The van der Waals surface area contributed by atoms with Gasteiger partial charge in [0.1, 0.15) is 0 Å². The monoisotopic (exact) mass is 288 g/mol. The molecule has 0 atom stereocenters. The smallest absolute Gasteiger partial charge is 0.160 e. The van der Waals surface area contributed by atoms with Crippen molar-refractivity contribution in [2.24, 2.45) is 0 Å². The van der Waals surface area contributed by atoms with Crippen LogP contribution in [0.5, 0.6) is 0 Å². The van der Waals surface area contributed by atoms with Gasteiger partial charge in [-0.25, -0.2) is 0 Å². The zero-order valence-corrected chi connectivity index (χ0v) is 12.3. The number of benzene rings is 1. The molecule has 1 aromatic carbocycles. The average molecular weight is 288 g/mol. The minimum atomic E-state index is 1.19. The number of rotatable bonds is 2. The van der Waals surface area contributed by atoms with Gasteiger partial charge >= 0.3 is 0 Å². The van der Waals surface area contributed by atoms with Crippen LogP contribution in [0.15, 0.2) is 72.2 Å². The maximum atomic E-state index is 2.24. The number of hydrogen-bond acceptors (Lipinski definition) is 1. The van der Waals surface area contributed by atoms with Gasteiger partial charge in [-0.15, -0.1) is 11.3 Å². The number of aromatic nitrogens is 1. The van der Waals surface area contributed by atoms with Gasteiger partial charge < -0.3 is 0 Å². The van der Waals surface area contributed by atoms with Gasteiger partial charge in [-0.2, -0.15) is 4.40 Å². The summed E-state index contributed by atoms with van der Waals surface area (Å²) in [4.78, 5) is 1.27. The van der Waals surface area contributed by atoms with Crippen molar-refractivity contribution in [1.29, 1.82) is 0 Å². The first-order valence-electron chi connectivity index (χ1n) is 6.95. The molecule has 0 unspecified atom stereocenters. The first-order chi connectivity index (χ1) is 10.4. The van der Waals surface area contributed by atoms with Crippen molar-refractivity contribution < 1.29 is 4.40 Å². The predicted octanol–water partition coefficient (Wildman–Crippen LogP) is 4.81. The first-order valence-corrected chi connectivity index (χ1v) is 7.83. The second-order valence-electron chi connectivity index (χ2n) is 4.96. The highest BCUT2D eigenvalue weighted by atomic mass is 32.1. The minimum absolute atomic E-state index is 1.19. The van der Waals surface area contributed by atoms with Gasteiger partial charge in [-0.3, -0.25) is 0 Å². The van der Waals surface area contributed by atoms with Crippen molar-refractivity contribution >= 4 is 39.8 Å². The molecular weight excluding hydrogens is 274 g/mol. The molecule has 1 nitrogen and oxygen atoms in total. The summed E-state index contributed by atoms with van der Waals surface area (Å²) >= 11 is 1.75. The maximum Gasteiger partial charge on any atom is 0.219 e. The van der Waals surface area contributed by atoms with Gasteiger partial charge in [0, 0.05) is 29.2 Å². The van der Waals surface area contributed by atoms with Crippen LogP contribution in [0.1, 0.15) is 10.6 Å². The van der Waals surface area contributed by atoms with Gasteiger partial charge in [-0.1, -0.05) is 24.3 Å². The van der Waals surface area contributed by atoms with E-state index in [0.29, 0.717) is 0 Å². The van der Waals surface area contributed by atoms with Crippen molar-refractivity contribution in [3.05, 3.63) is 82.8 Å². The summed E-state index contributed by atoms with van der Waals surface area (Å²) in [7, 11) is 0. The Hall–Kier alpha value is -2.45. The van der Waals surface area contributed by atoms with Crippen LogP contribution in [-0.2, 0) is 0 Å². The Bertz CT molecular complexity index is 936. The normalized spacial score (nSPS) is 11.6. The largest absolute Gasteiger partial charge is 0.219 e. The Morgan fingerprint density at radius 3 is 2.67 bits per heavy atom. The molecule has 0 amide bonds. The van der Waals surface area contributed by atoms with E-state index in [0.717, 1.165) is 0 Å². The lowest BCUT2D eigenvalue weighted by Crippen LogP contribution is -2.24. The summed E-state index contributed by atoms with van der Waals surface area (Å²) in [6.45, 7) is 0. The summed E-state index contributed by atoms with van der Waals surface area (Å²) in [5, 5.41) is 4.66. The number of nitrogens with zero attached hydrogens (tertiary/aromatic N) is 1. The Balaban J connectivity index is 1.92. The lowest BCUT2D eigenvalue weighted by molar-refractivity contribution is -0.513. The van der Waals surface area contributed by atoms with Crippen LogP contribution >= 0.6 is 11.3 Å². The van der Waals surface area contributed by atoms with Crippen molar-refractivity contribution in [2.75, 3.05) is 0 Å². The van der Waals surface area contributed by atoms with Gasteiger partial charge in [0.05, 0.1) is 5.39 Å². The molecule has 0 aliphatic carbocycles. The molecule has 0 radical (unpaired) electrons.